The zero-order valence-corrected chi connectivity index (χ0v) is 13.9. The molecule has 0 spiro atoms. The third kappa shape index (κ3) is 5.29. The van der Waals surface area contributed by atoms with Crippen LogP contribution in [0.2, 0.25) is 0 Å². The molecule has 0 aromatic carbocycles. The van der Waals surface area contributed by atoms with E-state index in [1.807, 2.05) is 7.05 Å². The van der Waals surface area contributed by atoms with Crippen molar-refractivity contribution in [1.29, 1.82) is 0 Å². The molecule has 1 fully saturated rings. The minimum absolute atomic E-state index is 0.518. The Labute approximate surface area is 124 Å². The minimum Gasteiger partial charge on any atom is -0.381 e. The first-order valence-electron chi connectivity index (χ1n) is 7.85. The molecule has 1 aliphatic rings. The second kappa shape index (κ2) is 9.19. The van der Waals surface area contributed by atoms with Gasteiger partial charge in [0.15, 0.2) is 5.96 Å². The van der Waals surface area contributed by atoms with Gasteiger partial charge < -0.3 is 15.0 Å². The summed E-state index contributed by atoms with van der Waals surface area (Å²) in [5, 5.41) is 3.49. The van der Waals surface area contributed by atoms with E-state index in [0.29, 0.717) is 12.0 Å². The van der Waals surface area contributed by atoms with Crippen LogP contribution < -0.4 is 5.32 Å². The quantitative estimate of drug-likeness (QED) is 0.564. The van der Waals surface area contributed by atoms with Crippen LogP contribution in [0.15, 0.2) is 4.99 Å². The van der Waals surface area contributed by atoms with Gasteiger partial charge in [-0.15, -0.1) is 0 Å². The predicted molar refractivity (Wildman–Crippen MR) is 85.3 cm³/mol. The highest BCUT2D eigenvalue weighted by Gasteiger charge is 2.19. The lowest BCUT2D eigenvalue weighted by atomic mass is 10.1. The van der Waals surface area contributed by atoms with E-state index in [1.165, 1.54) is 0 Å². The van der Waals surface area contributed by atoms with Gasteiger partial charge in [-0.05, 0) is 26.4 Å². The van der Waals surface area contributed by atoms with Gasteiger partial charge in [0, 0.05) is 45.8 Å². The van der Waals surface area contributed by atoms with E-state index in [9.17, 15) is 0 Å². The highest BCUT2D eigenvalue weighted by molar-refractivity contribution is 5.79. The number of ether oxygens (including phenoxy) is 1. The summed E-state index contributed by atoms with van der Waals surface area (Å²) in [6, 6.07) is 0.518. The van der Waals surface area contributed by atoms with E-state index in [-0.39, 0.29) is 0 Å². The van der Waals surface area contributed by atoms with E-state index >= 15 is 0 Å². The number of nitrogens with one attached hydrogen (secondary N) is 1. The van der Waals surface area contributed by atoms with Crippen LogP contribution in [0, 0.1) is 5.92 Å². The third-order valence-electron chi connectivity index (χ3n) is 4.12. The average Bonchev–Trinajstić information content (AvgIpc) is 2.93. The fourth-order valence-corrected chi connectivity index (χ4v) is 2.80. The van der Waals surface area contributed by atoms with Crippen LogP contribution in [0.3, 0.4) is 0 Å². The second-order valence-corrected chi connectivity index (χ2v) is 5.61. The number of nitrogens with zero attached hydrogens (tertiary/aromatic N) is 3. The monoisotopic (exact) mass is 284 g/mol. The van der Waals surface area contributed by atoms with Gasteiger partial charge in [-0.3, -0.25) is 9.89 Å². The van der Waals surface area contributed by atoms with Crippen LogP contribution in [0.1, 0.15) is 27.2 Å². The number of guanidine groups is 1. The highest BCUT2D eigenvalue weighted by atomic mass is 16.5. The zero-order chi connectivity index (χ0) is 15.0. The van der Waals surface area contributed by atoms with Crippen molar-refractivity contribution in [2.24, 2.45) is 10.9 Å². The number of aliphatic imine (C=N–C) groups is 1. The van der Waals surface area contributed by atoms with Crippen LogP contribution in [-0.4, -0.2) is 75.3 Å². The van der Waals surface area contributed by atoms with E-state index < -0.39 is 0 Å². The van der Waals surface area contributed by atoms with Crippen molar-refractivity contribution in [2.75, 3.05) is 53.5 Å². The maximum atomic E-state index is 5.44. The molecule has 1 N–H and O–H groups in total. The van der Waals surface area contributed by atoms with E-state index in [2.05, 4.69) is 47.9 Å². The molecule has 1 aliphatic heterocycles. The fraction of sp³-hybridized carbons (Fsp3) is 0.933. The van der Waals surface area contributed by atoms with Crippen molar-refractivity contribution in [3.05, 3.63) is 0 Å². The van der Waals surface area contributed by atoms with Crippen LogP contribution in [0.5, 0.6) is 0 Å². The molecule has 0 saturated carbocycles. The summed E-state index contributed by atoms with van der Waals surface area (Å²) in [6.45, 7) is 12.6. The molecular formula is C15H32N4O. The summed E-state index contributed by atoms with van der Waals surface area (Å²) >= 11 is 0. The molecule has 0 bridgehead atoms. The molecule has 118 valence electrons. The van der Waals surface area contributed by atoms with Crippen LogP contribution in [-0.2, 0) is 4.74 Å². The lowest BCUT2D eigenvalue weighted by molar-refractivity contribution is 0.181. The van der Waals surface area contributed by atoms with Gasteiger partial charge in [-0.25, -0.2) is 0 Å². The predicted octanol–water partition coefficient (Wildman–Crippen LogP) is 1.26. The van der Waals surface area contributed by atoms with Crippen molar-refractivity contribution in [1.82, 2.24) is 15.1 Å². The Hall–Kier alpha value is -0.810. The van der Waals surface area contributed by atoms with Crippen LogP contribution in [0.4, 0.5) is 0 Å². The van der Waals surface area contributed by atoms with Gasteiger partial charge in [0.05, 0.1) is 6.61 Å². The van der Waals surface area contributed by atoms with Crippen LogP contribution >= 0.6 is 0 Å². The Morgan fingerprint density at radius 3 is 2.60 bits per heavy atom. The lowest BCUT2D eigenvalue weighted by Crippen LogP contribution is -2.47. The largest absolute Gasteiger partial charge is 0.381 e. The van der Waals surface area contributed by atoms with Gasteiger partial charge in [0.1, 0.15) is 0 Å². The molecule has 2 atom stereocenters. The van der Waals surface area contributed by atoms with Gasteiger partial charge in [-0.1, -0.05) is 13.8 Å². The molecule has 1 rings (SSSR count). The van der Waals surface area contributed by atoms with Gasteiger partial charge in [-0.2, -0.15) is 0 Å². The Balaban J connectivity index is 2.38. The summed E-state index contributed by atoms with van der Waals surface area (Å²) in [4.78, 5) is 9.05. The average molecular weight is 284 g/mol. The minimum atomic E-state index is 0.518. The van der Waals surface area contributed by atoms with Gasteiger partial charge >= 0.3 is 0 Å². The first-order valence-corrected chi connectivity index (χ1v) is 7.85. The summed E-state index contributed by atoms with van der Waals surface area (Å²) in [6.07, 6.45) is 1.16. The van der Waals surface area contributed by atoms with Crippen LogP contribution in [0.25, 0.3) is 0 Å². The molecule has 20 heavy (non-hydrogen) atoms. The SMILES string of the molecule is CCN(CC)C(C)CNC(=NC)N(C)CC1CCOC1. The Morgan fingerprint density at radius 1 is 1.40 bits per heavy atom. The summed E-state index contributed by atoms with van der Waals surface area (Å²) in [7, 11) is 3.96. The topological polar surface area (TPSA) is 40.1 Å². The van der Waals surface area contributed by atoms with Crippen molar-refractivity contribution in [3.63, 3.8) is 0 Å². The normalized spacial score (nSPS) is 21.3. The molecule has 0 radical (unpaired) electrons. The Bertz CT molecular complexity index is 286. The number of hydrogen-bond acceptors (Lipinski definition) is 3. The number of rotatable bonds is 7. The number of hydrogen-bond donors (Lipinski definition) is 1. The number of likely N-dealkylation sites (N-methyl/N-ethyl adjacent to an activating group) is 1. The molecule has 0 aliphatic carbocycles. The molecule has 1 heterocycles. The van der Waals surface area contributed by atoms with Gasteiger partial charge in [0.2, 0.25) is 0 Å². The first kappa shape index (κ1) is 17.2. The highest BCUT2D eigenvalue weighted by Crippen LogP contribution is 2.13. The smallest absolute Gasteiger partial charge is 0.193 e. The lowest BCUT2D eigenvalue weighted by Gasteiger charge is -2.29. The van der Waals surface area contributed by atoms with Gasteiger partial charge in [0.25, 0.3) is 0 Å². The molecule has 0 aromatic rings. The zero-order valence-electron chi connectivity index (χ0n) is 13.9. The second-order valence-electron chi connectivity index (χ2n) is 5.61. The van der Waals surface area contributed by atoms with E-state index in [0.717, 1.165) is 51.8 Å². The maximum absolute atomic E-state index is 5.44. The standard InChI is InChI=1S/C15H32N4O/c1-6-19(7-2)13(3)10-17-15(16-4)18(5)11-14-8-9-20-12-14/h13-14H,6-12H2,1-5H3,(H,16,17). The molecule has 0 aromatic heterocycles. The van der Waals surface area contributed by atoms with Crippen molar-refractivity contribution in [2.45, 2.75) is 33.2 Å². The third-order valence-corrected chi connectivity index (χ3v) is 4.12. The molecule has 5 heteroatoms. The molecule has 2 unspecified atom stereocenters. The Morgan fingerprint density at radius 2 is 2.10 bits per heavy atom. The summed E-state index contributed by atoms with van der Waals surface area (Å²) in [5.41, 5.74) is 0. The van der Waals surface area contributed by atoms with E-state index in [1.54, 1.807) is 0 Å². The fourth-order valence-electron chi connectivity index (χ4n) is 2.80. The molecular weight excluding hydrogens is 252 g/mol. The maximum Gasteiger partial charge on any atom is 0.193 e. The summed E-state index contributed by atoms with van der Waals surface area (Å²) in [5.74, 6) is 1.62. The molecule has 5 nitrogen and oxygen atoms in total. The molecule has 0 amide bonds. The van der Waals surface area contributed by atoms with Crippen molar-refractivity contribution < 1.29 is 4.74 Å². The first-order chi connectivity index (χ1) is 9.62. The Kier molecular flexibility index (Phi) is 7.92. The summed E-state index contributed by atoms with van der Waals surface area (Å²) < 4.78 is 5.44. The van der Waals surface area contributed by atoms with Crippen molar-refractivity contribution >= 4 is 5.96 Å². The molecule has 1 saturated heterocycles. The van der Waals surface area contributed by atoms with Crippen molar-refractivity contribution in [3.8, 4) is 0 Å². The van der Waals surface area contributed by atoms with E-state index in [4.69, 9.17) is 4.74 Å².